The Balaban J connectivity index is 1.37. The Morgan fingerprint density at radius 1 is 1.16 bits per heavy atom. The number of nitrogens with zero attached hydrogens (tertiary/aromatic N) is 2. The fourth-order valence-corrected chi connectivity index (χ4v) is 6.20. The average molecular weight is 467 g/mol. The lowest BCUT2D eigenvalue weighted by molar-refractivity contribution is -0.663. The summed E-state index contributed by atoms with van der Waals surface area (Å²) in [5.74, 6) is -1.25. The number of aliphatic carboxylic acids is 1. The molecular formula is C23H20N3O4S2+. The summed E-state index contributed by atoms with van der Waals surface area (Å²) in [6.07, 6.45) is 2.13. The molecule has 1 unspecified atom stereocenters. The first kappa shape index (κ1) is 20.7. The molecule has 2 atom stereocenters. The summed E-state index contributed by atoms with van der Waals surface area (Å²) in [5.41, 5.74) is 1.70. The van der Waals surface area contributed by atoms with Crippen LogP contribution in [0.25, 0.3) is 10.9 Å². The number of carbonyl (C=O) groups is 3. The summed E-state index contributed by atoms with van der Waals surface area (Å²) in [6.45, 7) is 0.377. The molecule has 7 nitrogen and oxygen atoms in total. The van der Waals surface area contributed by atoms with Crippen LogP contribution in [0, 0.1) is 0 Å². The fraction of sp³-hybridized carbons (Fsp3) is 0.217. The van der Waals surface area contributed by atoms with Crippen molar-refractivity contribution >= 4 is 51.8 Å². The lowest BCUT2D eigenvalue weighted by Gasteiger charge is -2.49. The maximum atomic E-state index is 12.9. The minimum absolute atomic E-state index is 0.0305. The molecule has 1 fully saturated rings. The van der Waals surface area contributed by atoms with Gasteiger partial charge in [-0.2, -0.15) is 4.57 Å². The van der Waals surface area contributed by atoms with Crippen LogP contribution in [0.1, 0.15) is 4.88 Å². The molecule has 2 N–H and O–H groups in total. The van der Waals surface area contributed by atoms with E-state index in [2.05, 4.69) is 5.32 Å². The molecule has 0 saturated carbocycles. The zero-order chi connectivity index (χ0) is 22.2. The highest BCUT2D eigenvalue weighted by molar-refractivity contribution is 8.00. The first-order valence-electron chi connectivity index (χ1n) is 10.1. The van der Waals surface area contributed by atoms with Crippen molar-refractivity contribution < 1.29 is 24.1 Å². The lowest BCUT2D eigenvalue weighted by atomic mass is 10.0. The van der Waals surface area contributed by atoms with Gasteiger partial charge in [-0.15, -0.1) is 23.1 Å². The Kier molecular flexibility index (Phi) is 5.44. The number of thioether (sulfide) groups is 1. The summed E-state index contributed by atoms with van der Waals surface area (Å²) >= 11 is 2.97. The molecule has 2 aliphatic rings. The number of amides is 2. The van der Waals surface area contributed by atoms with Crippen LogP contribution >= 0.6 is 23.1 Å². The number of β-lactam (4-membered cyclic amide) rings is 1. The van der Waals surface area contributed by atoms with Gasteiger partial charge < -0.3 is 10.4 Å². The first-order valence-corrected chi connectivity index (χ1v) is 12.0. The first-order chi connectivity index (χ1) is 15.5. The van der Waals surface area contributed by atoms with Gasteiger partial charge in [0.1, 0.15) is 17.1 Å². The molecule has 32 heavy (non-hydrogen) atoms. The molecule has 9 heteroatoms. The molecule has 2 aliphatic heterocycles. The lowest BCUT2D eigenvalue weighted by Crippen LogP contribution is -2.70. The van der Waals surface area contributed by atoms with Gasteiger partial charge in [-0.1, -0.05) is 18.2 Å². The number of benzene rings is 1. The molecule has 5 rings (SSSR count). The van der Waals surface area contributed by atoms with Crippen LogP contribution in [0.15, 0.2) is 71.4 Å². The van der Waals surface area contributed by atoms with E-state index in [9.17, 15) is 19.5 Å². The van der Waals surface area contributed by atoms with Crippen LogP contribution in [-0.4, -0.2) is 45.0 Å². The van der Waals surface area contributed by atoms with Gasteiger partial charge in [0, 0.05) is 33.7 Å². The summed E-state index contributed by atoms with van der Waals surface area (Å²) in [4.78, 5) is 39.6. The molecule has 0 radical (unpaired) electrons. The monoisotopic (exact) mass is 466 g/mol. The summed E-state index contributed by atoms with van der Waals surface area (Å²) in [7, 11) is 0. The molecule has 4 heterocycles. The van der Waals surface area contributed by atoms with Crippen molar-refractivity contribution in [2.75, 3.05) is 5.75 Å². The second kappa shape index (κ2) is 8.40. The van der Waals surface area contributed by atoms with Gasteiger partial charge in [-0.05, 0) is 23.6 Å². The van der Waals surface area contributed by atoms with Crippen molar-refractivity contribution in [2.45, 2.75) is 24.4 Å². The van der Waals surface area contributed by atoms with Gasteiger partial charge >= 0.3 is 5.97 Å². The Morgan fingerprint density at radius 3 is 2.75 bits per heavy atom. The molecule has 1 aromatic carbocycles. The number of rotatable bonds is 6. The average Bonchev–Trinajstić information content (AvgIpc) is 3.30. The Hall–Kier alpha value is -3.17. The van der Waals surface area contributed by atoms with Crippen LogP contribution in [0.5, 0.6) is 0 Å². The fourth-order valence-electron chi connectivity index (χ4n) is 4.17. The van der Waals surface area contributed by atoms with Crippen LogP contribution in [0.4, 0.5) is 0 Å². The molecule has 0 bridgehead atoms. The molecule has 1 saturated heterocycles. The number of carboxylic acid groups (broad SMARTS) is 1. The molecule has 2 aromatic heterocycles. The van der Waals surface area contributed by atoms with Gasteiger partial charge in [-0.25, -0.2) is 4.79 Å². The third-order valence-corrected chi connectivity index (χ3v) is 7.85. The normalized spacial score (nSPS) is 20.1. The predicted octanol–water partition coefficient (Wildman–Crippen LogP) is 2.17. The molecule has 2 amide bonds. The Bertz CT molecular complexity index is 1250. The number of thiophene rings is 1. The summed E-state index contributed by atoms with van der Waals surface area (Å²) in [6, 6.07) is 14.9. The third-order valence-electron chi connectivity index (χ3n) is 5.63. The zero-order valence-corrected chi connectivity index (χ0v) is 18.6. The highest BCUT2D eigenvalue weighted by atomic mass is 32.2. The predicted molar refractivity (Wildman–Crippen MR) is 122 cm³/mol. The standard InChI is InChI=1S/C23H19N3O4S2/c27-18(11-16-7-4-10-31-16)24-19-21(28)26-20(23(29)30)15(13-32-22(19)26)12-25-9-3-6-14-5-1-2-8-17(14)25/h1-10,19,22H,11-13H2,(H-,24,27,29,30)/p+1/t19?,22-/m1/s1. The van der Waals surface area contributed by atoms with Crippen LogP contribution < -0.4 is 9.88 Å². The van der Waals surface area contributed by atoms with E-state index in [-0.39, 0.29) is 23.9 Å². The van der Waals surface area contributed by atoms with Gasteiger partial charge in [0.05, 0.1) is 6.42 Å². The van der Waals surface area contributed by atoms with E-state index in [0.717, 1.165) is 15.8 Å². The number of para-hydroxylation sites is 1. The minimum atomic E-state index is -1.12. The zero-order valence-electron chi connectivity index (χ0n) is 16.9. The largest absolute Gasteiger partial charge is 0.477 e. The van der Waals surface area contributed by atoms with E-state index in [4.69, 9.17) is 0 Å². The van der Waals surface area contributed by atoms with E-state index < -0.39 is 17.4 Å². The molecular weight excluding hydrogens is 446 g/mol. The minimum Gasteiger partial charge on any atom is -0.477 e. The summed E-state index contributed by atoms with van der Waals surface area (Å²) < 4.78 is 2.00. The highest BCUT2D eigenvalue weighted by Gasteiger charge is 2.54. The van der Waals surface area contributed by atoms with Crippen molar-refractivity contribution in [2.24, 2.45) is 0 Å². The SMILES string of the molecule is O=C(Cc1cccs1)NC1C(=O)N2C(C(=O)O)=C(C[n+]3cccc4ccccc43)CS[C@H]12. The molecule has 3 aromatic rings. The molecule has 0 spiro atoms. The molecule has 0 aliphatic carbocycles. The highest BCUT2D eigenvalue weighted by Crippen LogP contribution is 2.40. The number of aromatic nitrogens is 1. The second-order valence-corrected chi connectivity index (χ2v) is 9.80. The van der Waals surface area contributed by atoms with E-state index in [1.54, 1.807) is 0 Å². The number of pyridine rings is 1. The van der Waals surface area contributed by atoms with Crippen molar-refractivity contribution in [1.82, 2.24) is 10.2 Å². The number of fused-ring (bicyclic) bond motifs is 2. The number of hydrogen-bond donors (Lipinski definition) is 2. The third kappa shape index (κ3) is 3.67. The van der Waals surface area contributed by atoms with Crippen LogP contribution in [0.3, 0.4) is 0 Å². The molecule has 162 valence electrons. The van der Waals surface area contributed by atoms with E-state index in [0.29, 0.717) is 17.9 Å². The van der Waals surface area contributed by atoms with Crippen molar-refractivity contribution in [3.8, 4) is 0 Å². The topological polar surface area (TPSA) is 90.6 Å². The van der Waals surface area contributed by atoms with E-state index in [1.165, 1.54) is 28.0 Å². The smallest absolute Gasteiger partial charge is 0.352 e. The van der Waals surface area contributed by atoms with Gasteiger partial charge in [0.15, 0.2) is 12.7 Å². The van der Waals surface area contributed by atoms with Gasteiger partial charge in [0.2, 0.25) is 11.4 Å². The van der Waals surface area contributed by atoms with E-state index in [1.807, 2.05) is 64.7 Å². The summed E-state index contributed by atoms with van der Waals surface area (Å²) in [5, 5.41) is 15.3. The van der Waals surface area contributed by atoms with Gasteiger partial charge in [0.25, 0.3) is 5.91 Å². The van der Waals surface area contributed by atoms with Crippen molar-refractivity contribution in [1.29, 1.82) is 0 Å². The van der Waals surface area contributed by atoms with Crippen LogP contribution in [-0.2, 0) is 27.3 Å². The quantitative estimate of drug-likeness (QED) is 0.429. The Morgan fingerprint density at radius 2 is 1.97 bits per heavy atom. The maximum absolute atomic E-state index is 12.9. The van der Waals surface area contributed by atoms with Crippen LogP contribution in [0.2, 0.25) is 0 Å². The number of nitrogens with one attached hydrogen (secondary N) is 1. The maximum Gasteiger partial charge on any atom is 0.352 e. The van der Waals surface area contributed by atoms with Crippen molar-refractivity contribution in [3.63, 3.8) is 0 Å². The number of carboxylic acids is 1. The number of hydrogen-bond acceptors (Lipinski definition) is 5. The second-order valence-electron chi connectivity index (χ2n) is 7.66. The number of carbonyl (C=O) groups excluding carboxylic acids is 2. The van der Waals surface area contributed by atoms with Gasteiger partial charge in [-0.3, -0.25) is 14.5 Å². The Labute approximate surface area is 192 Å². The van der Waals surface area contributed by atoms with E-state index >= 15 is 0 Å². The van der Waals surface area contributed by atoms with Crippen molar-refractivity contribution in [3.05, 3.63) is 76.3 Å².